The minimum absolute atomic E-state index is 0.0495. The van der Waals surface area contributed by atoms with Crippen molar-refractivity contribution in [3.63, 3.8) is 0 Å². The van der Waals surface area contributed by atoms with Gasteiger partial charge in [-0.2, -0.15) is 4.31 Å². The Bertz CT molecular complexity index is 1190. The fourth-order valence-corrected chi connectivity index (χ4v) is 5.90. The third-order valence-electron chi connectivity index (χ3n) is 5.28. The Hall–Kier alpha value is -2.27. The van der Waals surface area contributed by atoms with Gasteiger partial charge in [-0.15, -0.1) is 0 Å². The van der Waals surface area contributed by atoms with Crippen molar-refractivity contribution in [1.82, 2.24) is 8.61 Å². The second-order valence-electron chi connectivity index (χ2n) is 7.71. The molecule has 1 amide bonds. The van der Waals surface area contributed by atoms with Gasteiger partial charge >= 0.3 is 0 Å². The summed E-state index contributed by atoms with van der Waals surface area (Å²) in [5.41, 5.74) is 1.14. The molecule has 8 nitrogen and oxygen atoms in total. The highest BCUT2D eigenvalue weighted by Gasteiger charge is 2.27. The number of nitrogens with one attached hydrogen (secondary N) is 1. The minimum atomic E-state index is -3.67. The molecule has 1 N–H and O–H groups in total. The second-order valence-corrected chi connectivity index (χ2v) is 11.8. The Balaban J connectivity index is 1.89. The molecule has 0 aromatic heterocycles. The van der Waals surface area contributed by atoms with E-state index in [0.717, 1.165) is 23.6 Å². The Kier molecular flexibility index (Phi) is 6.85. The summed E-state index contributed by atoms with van der Waals surface area (Å²) in [6.07, 6.45) is 2.66. The first kappa shape index (κ1) is 23.4. The lowest BCUT2D eigenvalue weighted by Gasteiger charge is -2.26. The number of amides is 1. The average molecular weight is 466 g/mol. The van der Waals surface area contributed by atoms with E-state index in [-0.39, 0.29) is 15.4 Å². The number of hydrogen-bond acceptors (Lipinski definition) is 5. The van der Waals surface area contributed by atoms with Crippen LogP contribution < -0.4 is 5.32 Å². The fourth-order valence-electron chi connectivity index (χ4n) is 3.40. The number of sulfonamides is 2. The van der Waals surface area contributed by atoms with Gasteiger partial charge in [0.1, 0.15) is 0 Å². The minimum Gasteiger partial charge on any atom is -0.322 e. The van der Waals surface area contributed by atoms with Gasteiger partial charge in [0.25, 0.3) is 5.91 Å². The van der Waals surface area contributed by atoms with E-state index >= 15 is 0 Å². The van der Waals surface area contributed by atoms with Crippen LogP contribution in [0.15, 0.2) is 52.3 Å². The lowest BCUT2D eigenvalue weighted by Crippen LogP contribution is -2.35. The highest BCUT2D eigenvalue weighted by atomic mass is 32.2. The van der Waals surface area contributed by atoms with E-state index in [4.69, 9.17) is 0 Å². The number of carbonyl (C=O) groups excluding carboxylic acids is 1. The molecule has 1 fully saturated rings. The van der Waals surface area contributed by atoms with Gasteiger partial charge in [-0.3, -0.25) is 4.79 Å². The predicted molar refractivity (Wildman–Crippen MR) is 119 cm³/mol. The summed E-state index contributed by atoms with van der Waals surface area (Å²) in [6, 6.07) is 10.4. The van der Waals surface area contributed by atoms with Crippen LogP contribution in [-0.4, -0.2) is 58.5 Å². The molecule has 0 saturated carbocycles. The van der Waals surface area contributed by atoms with Crippen LogP contribution in [0.3, 0.4) is 0 Å². The largest absolute Gasteiger partial charge is 0.322 e. The number of piperidine rings is 1. The highest BCUT2D eigenvalue weighted by molar-refractivity contribution is 7.89. The van der Waals surface area contributed by atoms with Gasteiger partial charge in [0, 0.05) is 38.4 Å². The lowest BCUT2D eigenvalue weighted by atomic mass is 10.1. The molecule has 1 aliphatic heterocycles. The molecule has 10 heteroatoms. The standard InChI is InChI=1S/C21H27N3O5S2/c1-16-10-11-19(31(28,29)24-12-5-4-6-13-24)15-20(16)21(25)22-17-8-7-9-18(14-17)30(26,27)23(2)3/h7-11,14-15H,4-6,12-13H2,1-3H3,(H,22,25). The van der Waals surface area contributed by atoms with Gasteiger partial charge < -0.3 is 5.32 Å². The number of hydrogen-bond donors (Lipinski definition) is 1. The zero-order valence-corrected chi connectivity index (χ0v) is 19.5. The topological polar surface area (TPSA) is 104 Å². The summed E-state index contributed by atoms with van der Waals surface area (Å²) in [5.74, 6) is -0.507. The SMILES string of the molecule is Cc1ccc(S(=O)(=O)N2CCCCC2)cc1C(=O)Nc1cccc(S(=O)(=O)N(C)C)c1. The van der Waals surface area contributed by atoms with Gasteiger partial charge in [-0.25, -0.2) is 21.1 Å². The van der Waals surface area contributed by atoms with E-state index < -0.39 is 26.0 Å². The van der Waals surface area contributed by atoms with Gasteiger partial charge in [-0.05, 0) is 55.7 Å². The van der Waals surface area contributed by atoms with E-state index in [1.54, 1.807) is 19.1 Å². The number of carbonyl (C=O) groups is 1. The van der Waals surface area contributed by atoms with Crippen molar-refractivity contribution >= 4 is 31.6 Å². The number of anilines is 1. The lowest BCUT2D eigenvalue weighted by molar-refractivity contribution is 0.102. The summed E-state index contributed by atoms with van der Waals surface area (Å²) in [6.45, 7) is 2.68. The van der Waals surface area contributed by atoms with Crippen LogP contribution in [0.2, 0.25) is 0 Å². The maximum absolute atomic E-state index is 13.0. The third kappa shape index (κ3) is 4.98. The van der Waals surface area contributed by atoms with Crippen molar-refractivity contribution in [3.05, 3.63) is 53.6 Å². The molecule has 0 aliphatic carbocycles. The summed E-state index contributed by atoms with van der Waals surface area (Å²) in [4.78, 5) is 13.0. The van der Waals surface area contributed by atoms with Crippen molar-refractivity contribution in [2.24, 2.45) is 0 Å². The number of benzene rings is 2. The molecule has 0 spiro atoms. The molecule has 0 unspecified atom stereocenters. The maximum atomic E-state index is 13.0. The van der Waals surface area contributed by atoms with Crippen molar-refractivity contribution in [2.45, 2.75) is 36.0 Å². The van der Waals surface area contributed by atoms with Crippen LogP contribution in [0.5, 0.6) is 0 Å². The van der Waals surface area contributed by atoms with Crippen LogP contribution in [0.1, 0.15) is 35.2 Å². The van der Waals surface area contributed by atoms with E-state index in [1.165, 1.54) is 48.7 Å². The molecule has 0 bridgehead atoms. The Morgan fingerprint density at radius 2 is 1.61 bits per heavy atom. The monoisotopic (exact) mass is 465 g/mol. The Morgan fingerprint density at radius 1 is 0.935 bits per heavy atom. The summed E-state index contributed by atoms with van der Waals surface area (Å²) < 4.78 is 53.2. The van der Waals surface area contributed by atoms with Crippen LogP contribution in [-0.2, 0) is 20.0 Å². The van der Waals surface area contributed by atoms with E-state index in [1.807, 2.05) is 0 Å². The highest BCUT2D eigenvalue weighted by Crippen LogP contribution is 2.24. The quantitative estimate of drug-likeness (QED) is 0.706. The Morgan fingerprint density at radius 3 is 2.26 bits per heavy atom. The van der Waals surface area contributed by atoms with E-state index in [9.17, 15) is 21.6 Å². The zero-order valence-electron chi connectivity index (χ0n) is 17.8. The molecule has 0 atom stereocenters. The first-order valence-corrected chi connectivity index (χ1v) is 12.9. The molecule has 168 valence electrons. The molecule has 1 saturated heterocycles. The zero-order chi connectivity index (χ0) is 22.8. The molecule has 1 aliphatic rings. The average Bonchev–Trinajstić information content (AvgIpc) is 2.74. The van der Waals surface area contributed by atoms with Gasteiger partial charge in [0.05, 0.1) is 9.79 Å². The van der Waals surface area contributed by atoms with E-state index in [2.05, 4.69) is 5.32 Å². The van der Waals surface area contributed by atoms with Crippen molar-refractivity contribution < 1.29 is 21.6 Å². The molecule has 2 aromatic carbocycles. The first-order valence-electron chi connectivity index (χ1n) is 9.98. The summed E-state index contributed by atoms with van der Waals surface area (Å²) >= 11 is 0. The smallest absolute Gasteiger partial charge is 0.255 e. The molecule has 31 heavy (non-hydrogen) atoms. The Labute approximate surface area is 184 Å². The van der Waals surface area contributed by atoms with Crippen LogP contribution in [0.25, 0.3) is 0 Å². The maximum Gasteiger partial charge on any atom is 0.255 e. The predicted octanol–water partition coefficient (Wildman–Crippen LogP) is 2.67. The van der Waals surface area contributed by atoms with Crippen LogP contribution in [0, 0.1) is 6.92 Å². The van der Waals surface area contributed by atoms with Crippen LogP contribution in [0.4, 0.5) is 5.69 Å². The molecular formula is C21H27N3O5S2. The number of rotatable bonds is 6. The number of aryl methyl sites for hydroxylation is 1. The summed E-state index contributed by atoms with van der Waals surface area (Å²) in [7, 11) is -4.47. The summed E-state index contributed by atoms with van der Waals surface area (Å²) in [5, 5.41) is 2.68. The van der Waals surface area contributed by atoms with Gasteiger partial charge in [0.2, 0.25) is 20.0 Å². The van der Waals surface area contributed by atoms with Crippen molar-refractivity contribution in [1.29, 1.82) is 0 Å². The first-order chi connectivity index (χ1) is 14.5. The fraction of sp³-hybridized carbons (Fsp3) is 0.381. The third-order valence-corrected chi connectivity index (χ3v) is 8.98. The molecule has 3 rings (SSSR count). The van der Waals surface area contributed by atoms with Crippen LogP contribution >= 0.6 is 0 Å². The molecule has 0 radical (unpaired) electrons. The van der Waals surface area contributed by atoms with Gasteiger partial charge in [-0.1, -0.05) is 18.6 Å². The van der Waals surface area contributed by atoms with E-state index in [0.29, 0.717) is 24.3 Å². The number of nitrogens with zero attached hydrogens (tertiary/aromatic N) is 2. The van der Waals surface area contributed by atoms with Crippen molar-refractivity contribution in [2.75, 3.05) is 32.5 Å². The molecular weight excluding hydrogens is 438 g/mol. The molecule has 2 aromatic rings. The van der Waals surface area contributed by atoms with Gasteiger partial charge in [0.15, 0.2) is 0 Å². The van der Waals surface area contributed by atoms with Crippen molar-refractivity contribution in [3.8, 4) is 0 Å². The normalized spacial score (nSPS) is 15.7. The molecule has 1 heterocycles. The second kappa shape index (κ2) is 9.07.